The van der Waals surface area contributed by atoms with Crippen molar-refractivity contribution in [2.24, 2.45) is 0 Å². The molecule has 0 radical (unpaired) electrons. The minimum absolute atomic E-state index is 0.483. The van der Waals surface area contributed by atoms with Crippen LogP contribution in [0, 0.1) is 0 Å². The molecule has 1 saturated carbocycles. The molecule has 0 spiro atoms. The molecular weight excluding hydrogens is 224 g/mol. The Morgan fingerprint density at radius 2 is 1.94 bits per heavy atom. The predicted molar refractivity (Wildman–Crippen MR) is 78.1 cm³/mol. The Hall–Kier alpha value is -0.120. The van der Waals surface area contributed by atoms with Gasteiger partial charge in [-0.3, -0.25) is 4.90 Å². The van der Waals surface area contributed by atoms with Crippen molar-refractivity contribution in [3.05, 3.63) is 0 Å². The number of nitrogens with zero attached hydrogens (tertiary/aromatic N) is 1. The molecule has 1 N–H and O–H groups in total. The third kappa shape index (κ3) is 5.68. The van der Waals surface area contributed by atoms with Gasteiger partial charge in [0, 0.05) is 25.7 Å². The highest BCUT2D eigenvalue weighted by Gasteiger charge is 2.22. The van der Waals surface area contributed by atoms with Crippen LogP contribution in [-0.4, -0.2) is 50.3 Å². The smallest absolute Gasteiger partial charge is 0.0628 e. The van der Waals surface area contributed by atoms with E-state index in [4.69, 9.17) is 4.74 Å². The van der Waals surface area contributed by atoms with Crippen LogP contribution in [0.2, 0.25) is 0 Å². The van der Waals surface area contributed by atoms with E-state index in [2.05, 4.69) is 24.1 Å². The van der Waals surface area contributed by atoms with Gasteiger partial charge < -0.3 is 10.1 Å². The summed E-state index contributed by atoms with van der Waals surface area (Å²) in [5.41, 5.74) is 0. The first kappa shape index (κ1) is 15.9. The van der Waals surface area contributed by atoms with Crippen molar-refractivity contribution in [3.8, 4) is 0 Å². The number of methoxy groups -OCH3 is 1. The maximum Gasteiger partial charge on any atom is 0.0628 e. The molecule has 0 saturated heterocycles. The van der Waals surface area contributed by atoms with Crippen molar-refractivity contribution in [3.63, 3.8) is 0 Å². The fraction of sp³-hybridized carbons (Fsp3) is 1.00. The van der Waals surface area contributed by atoms with E-state index in [0.29, 0.717) is 6.04 Å². The molecule has 0 aliphatic heterocycles. The van der Waals surface area contributed by atoms with Gasteiger partial charge in [-0.25, -0.2) is 0 Å². The van der Waals surface area contributed by atoms with Crippen LogP contribution < -0.4 is 5.32 Å². The lowest BCUT2D eigenvalue weighted by Gasteiger charge is -2.36. The summed E-state index contributed by atoms with van der Waals surface area (Å²) in [7, 11) is 1.80. The number of hydrogen-bond acceptors (Lipinski definition) is 3. The first-order valence-electron chi connectivity index (χ1n) is 7.78. The van der Waals surface area contributed by atoms with E-state index in [9.17, 15) is 0 Å². The Balaban J connectivity index is 2.40. The Labute approximate surface area is 113 Å². The summed E-state index contributed by atoms with van der Waals surface area (Å²) >= 11 is 0. The van der Waals surface area contributed by atoms with Crippen molar-refractivity contribution < 1.29 is 4.74 Å². The van der Waals surface area contributed by atoms with E-state index in [1.807, 2.05) is 0 Å². The lowest BCUT2D eigenvalue weighted by atomic mass is 9.94. The van der Waals surface area contributed by atoms with Gasteiger partial charge in [-0.1, -0.05) is 33.1 Å². The minimum atomic E-state index is 0.483. The van der Waals surface area contributed by atoms with Gasteiger partial charge in [-0.05, 0) is 32.4 Å². The van der Waals surface area contributed by atoms with E-state index in [1.165, 1.54) is 45.1 Å². The summed E-state index contributed by atoms with van der Waals surface area (Å²) in [6.45, 7) is 8.72. The highest BCUT2D eigenvalue weighted by atomic mass is 16.5. The summed E-state index contributed by atoms with van der Waals surface area (Å²) in [6, 6.07) is 1.29. The molecule has 0 amide bonds. The lowest BCUT2D eigenvalue weighted by molar-refractivity contribution is 0.107. The molecule has 0 aromatic heterocycles. The van der Waals surface area contributed by atoms with Gasteiger partial charge in [0.1, 0.15) is 0 Å². The molecule has 1 aliphatic rings. The summed E-state index contributed by atoms with van der Waals surface area (Å²) in [6.07, 6.45) is 8.24. The average molecular weight is 256 g/mol. The van der Waals surface area contributed by atoms with Crippen molar-refractivity contribution in [2.75, 3.05) is 33.4 Å². The molecule has 0 heterocycles. The third-order valence-corrected chi connectivity index (χ3v) is 4.00. The van der Waals surface area contributed by atoms with Gasteiger partial charge in [0.05, 0.1) is 6.61 Å². The highest BCUT2D eigenvalue weighted by Crippen LogP contribution is 2.22. The second-order valence-corrected chi connectivity index (χ2v) is 5.49. The maximum absolute atomic E-state index is 5.34. The molecule has 0 aromatic carbocycles. The van der Waals surface area contributed by atoms with Gasteiger partial charge in [0.15, 0.2) is 0 Å². The second kappa shape index (κ2) is 9.76. The fourth-order valence-electron chi connectivity index (χ4n) is 2.99. The molecule has 1 fully saturated rings. The predicted octanol–water partition coefficient (Wildman–Crippen LogP) is 2.66. The number of nitrogens with one attached hydrogen (secondary N) is 1. The van der Waals surface area contributed by atoms with Crippen LogP contribution in [0.4, 0.5) is 0 Å². The highest BCUT2D eigenvalue weighted by molar-refractivity contribution is 4.79. The van der Waals surface area contributed by atoms with Gasteiger partial charge >= 0.3 is 0 Å². The monoisotopic (exact) mass is 256 g/mol. The molecule has 3 heteroatoms. The van der Waals surface area contributed by atoms with Crippen LogP contribution in [-0.2, 0) is 4.74 Å². The molecule has 3 nitrogen and oxygen atoms in total. The van der Waals surface area contributed by atoms with Crippen molar-refractivity contribution in [1.29, 1.82) is 0 Å². The number of ether oxygens (including phenoxy) is 1. The Bertz CT molecular complexity index is 193. The van der Waals surface area contributed by atoms with E-state index in [-0.39, 0.29) is 0 Å². The van der Waals surface area contributed by atoms with Crippen LogP contribution in [0.5, 0.6) is 0 Å². The molecular formula is C15H32N2O. The maximum atomic E-state index is 5.34. The molecule has 1 rings (SSSR count). The van der Waals surface area contributed by atoms with E-state index < -0.39 is 0 Å². The van der Waals surface area contributed by atoms with Crippen molar-refractivity contribution >= 4 is 0 Å². The zero-order chi connectivity index (χ0) is 13.2. The number of hydrogen-bond donors (Lipinski definition) is 1. The van der Waals surface area contributed by atoms with Gasteiger partial charge in [-0.15, -0.1) is 0 Å². The minimum Gasteiger partial charge on any atom is -0.383 e. The van der Waals surface area contributed by atoms with Crippen molar-refractivity contribution in [1.82, 2.24) is 10.2 Å². The largest absolute Gasteiger partial charge is 0.383 e. The molecule has 1 unspecified atom stereocenters. The Morgan fingerprint density at radius 3 is 2.50 bits per heavy atom. The SMILES string of the molecule is CCCNC(COC)CN(CC)C1CCCCC1. The lowest BCUT2D eigenvalue weighted by Crippen LogP contribution is -2.48. The summed E-state index contributed by atoms with van der Waals surface area (Å²) in [4.78, 5) is 2.66. The molecule has 1 atom stereocenters. The fourth-order valence-corrected chi connectivity index (χ4v) is 2.99. The van der Waals surface area contributed by atoms with E-state index in [0.717, 1.165) is 25.7 Å². The quantitative estimate of drug-likeness (QED) is 0.686. The van der Waals surface area contributed by atoms with Crippen LogP contribution in [0.15, 0.2) is 0 Å². The number of likely N-dealkylation sites (N-methyl/N-ethyl adjacent to an activating group) is 1. The average Bonchev–Trinajstić information content (AvgIpc) is 2.43. The zero-order valence-electron chi connectivity index (χ0n) is 12.6. The van der Waals surface area contributed by atoms with Crippen LogP contribution in [0.3, 0.4) is 0 Å². The molecule has 1 aliphatic carbocycles. The van der Waals surface area contributed by atoms with Crippen LogP contribution in [0.1, 0.15) is 52.4 Å². The normalized spacial score (nSPS) is 19.3. The number of rotatable bonds is 9. The van der Waals surface area contributed by atoms with Crippen LogP contribution in [0.25, 0.3) is 0 Å². The topological polar surface area (TPSA) is 24.5 Å². The standard InChI is InChI=1S/C15H32N2O/c1-4-11-16-14(13-18-3)12-17(5-2)15-9-7-6-8-10-15/h14-16H,4-13H2,1-3H3. The van der Waals surface area contributed by atoms with E-state index >= 15 is 0 Å². The first-order valence-corrected chi connectivity index (χ1v) is 7.78. The second-order valence-electron chi connectivity index (χ2n) is 5.49. The first-order chi connectivity index (χ1) is 8.81. The summed E-state index contributed by atoms with van der Waals surface area (Å²) in [5, 5.41) is 3.61. The van der Waals surface area contributed by atoms with Crippen molar-refractivity contribution in [2.45, 2.75) is 64.5 Å². The van der Waals surface area contributed by atoms with Gasteiger partial charge in [-0.2, -0.15) is 0 Å². The molecule has 18 heavy (non-hydrogen) atoms. The molecule has 0 aromatic rings. The Kier molecular flexibility index (Phi) is 8.64. The van der Waals surface area contributed by atoms with E-state index in [1.54, 1.807) is 7.11 Å². The Morgan fingerprint density at radius 1 is 1.22 bits per heavy atom. The molecule has 0 bridgehead atoms. The molecule has 108 valence electrons. The van der Waals surface area contributed by atoms with Gasteiger partial charge in [0.2, 0.25) is 0 Å². The van der Waals surface area contributed by atoms with Crippen LogP contribution >= 0.6 is 0 Å². The zero-order valence-corrected chi connectivity index (χ0v) is 12.6. The summed E-state index contributed by atoms with van der Waals surface area (Å²) in [5.74, 6) is 0. The summed E-state index contributed by atoms with van der Waals surface area (Å²) < 4.78 is 5.34. The third-order valence-electron chi connectivity index (χ3n) is 4.00. The van der Waals surface area contributed by atoms with Gasteiger partial charge in [0.25, 0.3) is 0 Å².